The van der Waals surface area contributed by atoms with Crippen LogP contribution in [0.1, 0.15) is 12.5 Å². The Labute approximate surface area is 118 Å². The first-order valence-corrected chi connectivity index (χ1v) is 5.83. The average molecular weight is 306 g/mol. The lowest BCUT2D eigenvalue weighted by Gasteiger charge is -2.29. The highest BCUT2D eigenvalue weighted by atomic mass is 19.4. The number of carbonyl (C=O) groups excluding carboxylic acids is 2. The maximum absolute atomic E-state index is 13.4. The number of aromatic nitrogens is 1. The van der Waals surface area contributed by atoms with Gasteiger partial charge >= 0.3 is 17.8 Å². The normalized spacial score (nSPS) is 14.0. The molecule has 116 valence electrons. The van der Waals surface area contributed by atoms with Crippen LogP contribution in [0.3, 0.4) is 0 Å². The van der Waals surface area contributed by atoms with Crippen molar-refractivity contribution in [3.05, 3.63) is 23.9 Å². The molecule has 0 fully saturated rings. The maximum Gasteiger partial charge on any atom is 0.464 e. The lowest BCUT2D eigenvalue weighted by atomic mass is 10.1. The molecule has 0 saturated heterocycles. The number of pyridine rings is 1. The zero-order chi connectivity index (χ0) is 16.3. The Morgan fingerprint density at radius 2 is 1.95 bits per heavy atom. The van der Waals surface area contributed by atoms with Crippen molar-refractivity contribution < 1.29 is 32.5 Å². The molecule has 0 bridgehead atoms. The molecule has 9 heteroatoms. The van der Waals surface area contributed by atoms with Crippen LogP contribution in [0.15, 0.2) is 18.3 Å². The smallest absolute Gasteiger partial charge is 0.464 e. The molecule has 0 aliphatic carbocycles. The number of alkyl halides is 3. The molecule has 0 spiro atoms. The van der Waals surface area contributed by atoms with Crippen molar-refractivity contribution in [1.29, 1.82) is 0 Å². The fraction of sp³-hybridized carbons (Fsp3) is 0.417. The Morgan fingerprint density at radius 3 is 2.38 bits per heavy atom. The van der Waals surface area contributed by atoms with Crippen molar-refractivity contribution in [1.82, 2.24) is 5.32 Å². The largest absolute Gasteiger partial charge is 0.464 e. The van der Waals surface area contributed by atoms with Crippen molar-refractivity contribution in [2.24, 2.45) is 0 Å². The van der Waals surface area contributed by atoms with Crippen LogP contribution in [-0.4, -0.2) is 30.8 Å². The molecular formula is C12H15F3N3O3+. The average Bonchev–Trinajstić information content (AvgIpc) is 2.35. The number of amides is 1. The Bertz CT molecular complexity index is 548. The molecule has 3 N–H and O–H groups in total. The van der Waals surface area contributed by atoms with Gasteiger partial charge in [0.25, 0.3) is 5.82 Å². The van der Waals surface area contributed by atoms with E-state index >= 15 is 0 Å². The minimum atomic E-state index is -5.12. The SMILES string of the molecule is COC(=O)[C@](NC(C)=O)(Nc1cc(C)cc[nH+]1)C(F)(F)F. The molecule has 1 amide bonds. The monoisotopic (exact) mass is 306 g/mol. The number of hydrogen-bond acceptors (Lipinski definition) is 4. The number of anilines is 1. The number of aromatic amines is 1. The van der Waals surface area contributed by atoms with Gasteiger partial charge in [-0.2, -0.15) is 13.2 Å². The van der Waals surface area contributed by atoms with Crippen molar-refractivity contribution in [2.45, 2.75) is 25.7 Å². The van der Waals surface area contributed by atoms with Crippen molar-refractivity contribution in [3.63, 3.8) is 0 Å². The van der Waals surface area contributed by atoms with Gasteiger partial charge in [-0.25, -0.2) is 15.1 Å². The van der Waals surface area contributed by atoms with Gasteiger partial charge in [0.05, 0.1) is 13.3 Å². The molecule has 0 aliphatic rings. The number of methoxy groups -OCH3 is 1. The van der Waals surface area contributed by atoms with E-state index in [2.05, 4.69) is 9.72 Å². The second-order valence-corrected chi connectivity index (χ2v) is 4.33. The van der Waals surface area contributed by atoms with Gasteiger partial charge in [-0.3, -0.25) is 10.1 Å². The Kier molecular flexibility index (Phi) is 4.77. The third-order valence-electron chi connectivity index (χ3n) is 2.56. The molecule has 1 atom stereocenters. The number of rotatable bonds is 4. The number of aryl methyl sites for hydroxylation is 1. The zero-order valence-corrected chi connectivity index (χ0v) is 11.6. The molecule has 1 aromatic rings. The Balaban J connectivity index is 3.34. The summed E-state index contributed by atoms with van der Waals surface area (Å²) in [5.74, 6) is -2.83. The first kappa shape index (κ1) is 16.7. The van der Waals surface area contributed by atoms with Crippen LogP contribution >= 0.6 is 0 Å². The lowest BCUT2D eigenvalue weighted by molar-refractivity contribution is -0.363. The molecule has 0 unspecified atom stereocenters. The fourth-order valence-electron chi connectivity index (χ4n) is 1.66. The standard InChI is InChI=1S/C12H14F3N3O3/c1-7-4-5-16-9(6-7)18-11(10(20)21-3,12(13,14)15)17-8(2)19/h4-6H,1-3H3,(H,16,18)(H,17,19)/p+1/t11-/m0/s1. The molecule has 0 aliphatic heterocycles. The summed E-state index contributed by atoms with van der Waals surface area (Å²) in [6.45, 7) is 2.52. The summed E-state index contributed by atoms with van der Waals surface area (Å²) in [5.41, 5.74) is -2.72. The van der Waals surface area contributed by atoms with Gasteiger partial charge in [0.1, 0.15) is 0 Å². The number of carbonyl (C=O) groups is 2. The highest BCUT2D eigenvalue weighted by Crippen LogP contribution is 2.32. The van der Waals surface area contributed by atoms with E-state index in [1.807, 2.05) is 5.32 Å². The maximum atomic E-state index is 13.4. The minimum Gasteiger partial charge on any atom is -0.464 e. The zero-order valence-electron chi connectivity index (χ0n) is 11.6. The highest BCUT2D eigenvalue weighted by molar-refractivity contribution is 5.90. The summed E-state index contributed by atoms with van der Waals surface area (Å²) in [5, 5.41) is 3.55. The van der Waals surface area contributed by atoms with Crippen molar-refractivity contribution in [2.75, 3.05) is 12.4 Å². The number of halogens is 3. The van der Waals surface area contributed by atoms with Gasteiger partial charge in [0.15, 0.2) is 0 Å². The van der Waals surface area contributed by atoms with Crippen molar-refractivity contribution in [3.8, 4) is 0 Å². The van der Waals surface area contributed by atoms with Gasteiger partial charge in [0, 0.05) is 13.0 Å². The van der Waals surface area contributed by atoms with E-state index in [9.17, 15) is 22.8 Å². The Morgan fingerprint density at radius 1 is 1.33 bits per heavy atom. The van der Waals surface area contributed by atoms with Crippen LogP contribution in [0.4, 0.5) is 19.0 Å². The summed E-state index contributed by atoms with van der Waals surface area (Å²) in [6.07, 6.45) is -3.73. The van der Waals surface area contributed by atoms with Crippen LogP contribution in [0.25, 0.3) is 0 Å². The molecule has 1 aromatic heterocycles. The quantitative estimate of drug-likeness (QED) is 0.636. The second-order valence-electron chi connectivity index (χ2n) is 4.33. The third-order valence-corrected chi connectivity index (χ3v) is 2.56. The van der Waals surface area contributed by atoms with Crippen LogP contribution in [0, 0.1) is 6.92 Å². The van der Waals surface area contributed by atoms with E-state index in [1.54, 1.807) is 18.3 Å². The molecule has 21 heavy (non-hydrogen) atoms. The number of ether oxygens (including phenoxy) is 1. The van der Waals surface area contributed by atoms with Crippen LogP contribution in [0.5, 0.6) is 0 Å². The van der Waals surface area contributed by atoms with Gasteiger partial charge in [-0.1, -0.05) is 0 Å². The van der Waals surface area contributed by atoms with Gasteiger partial charge < -0.3 is 4.74 Å². The first-order chi connectivity index (χ1) is 9.62. The number of nitrogens with one attached hydrogen (secondary N) is 3. The van der Waals surface area contributed by atoms with E-state index in [0.717, 1.165) is 14.0 Å². The topological polar surface area (TPSA) is 81.6 Å². The molecular weight excluding hydrogens is 291 g/mol. The summed E-state index contributed by atoms with van der Waals surface area (Å²) < 4.78 is 44.3. The third kappa shape index (κ3) is 3.61. The van der Waals surface area contributed by atoms with E-state index in [4.69, 9.17) is 0 Å². The molecule has 0 saturated carbocycles. The molecule has 0 aromatic carbocycles. The second kappa shape index (κ2) is 5.98. The summed E-state index contributed by atoms with van der Waals surface area (Å²) >= 11 is 0. The molecule has 1 rings (SSSR count). The predicted octanol–water partition coefficient (Wildman–Crippen LogP) is 0.789. The van der Waals surface area contributed by atoms with E-state index in [1.165, 1.54) is 12.3 Å². The summed E-state index contributed by atoms with van der Waals surface area (Å²) in [7, 11) is 0.798. The number of hydrogen-bond donors (Lipinski definition) is 2. The highest BCUT2D eigenvalue weighted by Gasteiger charge is 2.67. The van der Waals surface area contributed by atoms with E-state index < -0.39 is 23.7 Å². The van der Waals surface area contributed by atoms with Gasteiger partial charge in [0.2, 0.25) is 5.91 Å². The molecule has 6 nitrogen and oxygen atoms in total. The first-order valence-electron chi connectivity index (χ1n) is 5.83. The van der Waals surface area contributed by atoms with E-state index in [0.29, 0.717) is 5.56 Å². The number of esters is 1. The van der Waals surface area contributed by atoms with Gasteiger partial charge in [-0.05, 0) is 18.6 Å². The van der Waals surface area contributed by atoms with Crippen molar-refractivity contribution >= 4 is 17.7 Å². The van der Waals surface area contributed by atoms with Crippen LogP contribution < -0.4 is 15.6 Å². The minimum absolute atomic E-state index is 0.105. The Hall–Kier alpha value is -2.32. The molecule has 1 heterocycles. The van der Waals surface area contributed by atoms with Gasteiger partial charge in [-0.15, -0.1) is 0 Å². The van der Waals surface area contributed by atoms with Crippen LogP contribution in [-0.2, 0) is 14.3 Å². The van der Waals surface area contributed by atoms with Crippen LogP contribution in [0.2, 0.25) is 0 Å². The molecule has 0 radical (unpaired) electrons. The lowest BCUT2D eigenvalue weighted by Crippen LogP contribution is -2.69. The van der Waals surface area contributed by atoms with E-state index in [-0.39, 0.29) is 5.82 Å². The number of H-pyrrole nitrogens is 1. The summed E-state index contributed by atoms with van der Waals surface area (Å²) in [6, 6.07) is 2.97. The summed E-state index contributed by atoms with van der Waals surface area (Å²) in [4.78, 5) is 25.3. The predicted molar refractivity (Wildman–Crippen MR) is 66.0 cm³/mol. The fourth-order valence-corrected chi connectivity index (χ4v) is 1.66.